The molecule has 0 aromatic heterocycles. The molecule has 0 heterocycles. The Balaban J connectivity index is 1.93. The molecule has 0 fully saturated rings. The molecule has 0 aliphatic heterocycles. The topological polar surface area (TPSA) is 67.4 Å². The summed E-state index contributed by atoms with van der Waals surface area (Å²) in [5, 5.41) is 5.96. The van der Waals surface area contributed by atoms with Gasteiger partial charge in [0.2, 0.25) is 5.91 Å². The summed E-state index contributed by atoms with van der Waals surface area (Å²) in [6, 6.07) is 14.5. The summed E-state index contributed by atoms with van der Waals surface area (Å²) >= 11 is 0. The Morgan fingerprint density at radius 2 is 1.71 bits per heavy atom. The third kappa shape index (κ3) is 4.59. The van der Waals surface area contributed by atoms with Gasteiger partial charge in [-0.3, -0.25) is 4.79 Å². The van der Waals surface area contributed by atoms with E-state index in [2.05, 4.69) is 35.3 Å². The normalized spacial score (nSPS) is 10.3. The largest absolute Gasteiger partial charge is 0.465 e. The Hall–Kier alpha value is -2.82. The quantitative estimate of drug-likeness (QED) is 0.795. The molecule has 0 aliphatic rings. The number of esters is 1. The second-order valence-electron chi connectivity index (χ2n) is 5.71. The minimum absolute atomic E-state index is 0.153. The standard InChI is InChI=1S/C19H22N2O3/c1-13(2)16-6-4-5-7-17(16)20-12-18(22)21-15-10-8-14(9-11-15)19(23)24-3/h4-11,13,20H,12H2,1-3H3,(H,21,22). The van der Waals surface area contributed by atoms with E-state index in [0.29, 0.717) is 17.2 Å². The zero-order valence-corrected chi connectivity index (χ0v) is 14.1. The number of nitrogens with one attached hydrogen (secondary N) is 2. The number of ether oxygens (including phenoxy) is 1. The SMILES string of the molecule is COC(=O)c1ccc(NC(=O)CNc2ccccc2C(C)C)cc1. The van der Waals surface area contributed by atoms with Crippen LogP contribution in [0.3, 0.4) is 0 Å². The van der Waals surface area contributed by atoms with E-state index in [1.807, 2.05) is 18.2 Å². The van der Waals surface area contributed by atoms with Crippen LogP contribution in [0.1, 0.15) is 35.7 Å². The van der Waals surface area contributed by atoms with Crippen LogP contribution in [-0.2, 0) is 9.53 Å². The molecule has 5 nitrogen and oxygen atoms in total. The van der Waals surface area contributed by atoms with E-state index in [4.69, 9.17) is 0 Å². The van der Waals surface area contributed by atoms with Crippen LogP contribution in [0, 0.1) is 0 Å². The number of carbonyl (C=O) groups is 2. The van der Waals surface area contributed by atoms with Gasteiger partial charge in [-0.1, -0.05) is 32.0 Å². The number of hydrogen-bond donors (Lipinski definition) is 2. The fraction of sp³-hybridized carbons (Fsp3) is 0.263. The molecule has 2 N–H and O–H groups in total. The van der Waals surface area contributed by atoms with Gasteiger partial charge in [-0.15, -0.1) is 0 Å². The zero-order valence-electron chi connectivity index (χ0n) is 14.1. The average Bonchev–Trinajstić information content (AvgIpc) is 2.60. The van der Waals surface area contributed by atoms with Crippen LogP contribution in [0.2, 0.25) is 0 Å². The maximum absolute atomic E-state index is 12.1. The lowest BCUT2D eigenvalue weighted by molar-refractivity contribution is -0.114. The Morgan fingerprint density at radius 1 is 1.04 bits per heavy atom. The molecule has 0 saturated heterocycles. The second-order valence-corrected chi connectivity index (χ2v) is 5.71. The predicted octanol–water partition coefficient (Wildman–Crippen LogP) is 3.65. The van der Waals surface area contributed by atoms with Crippen molar-refractivity contribution in [1.29, 1.82) is 0 Å². The average molecular weight is 326 g/mol. The fourth-order valence-corrected chi connectivity index (χ4v) is 2.35. The van der Waals surface area contributed by atoms with E-state index in [-0.39, 0.29) is 12.5 Å². The number of amides is 1. The van der Waals surface area contributed by atoms with E-state index in [1.54, 1.807) is 24.3 Å². The van der Waals surface area contributed by atoms with Gasteiger partial charge in [-0.25, -0.2) is 4.79 Å². The highest BCUT2D eigenvalue weighted by Gasteiger charge is 2.09. The van der Waals surface area contributed by atoms with Crippen molar-refractivity contribution in [3.63, 3.8) is 0 Å². The third-order valence-corrected chi connectivity index (χ3v) is 3.61. The molecule has 0 bridgehead atoms. The molecular weight excluding hydrogens is 304 g/mol. The van der Waals surface area contributed by atoms with E-state index in [9.17, 15) is 9.59 Å². The molecule has 2 rings (SSSR count). The van der Waals surface area contributed by atoms with Crippen LogP contribution in [0.5, 0.6) is 0 Å². The van der Waals surface area contributed by atoms with Gasteiger partial charge < -0.3 is 15.4 Å². The van der Waals surface area contributed by atoms with Crippen molar-refractivity contribution in [3.05, 3.63) is 59.7 Å². The van der Waals surface area contributed by atoms with Gasteiger partial charge >= 0.3 is 5.97 Å². The van der Waals surface area contributed by atoms with Crippen LogP contribution in [0.25, 0.3) is 0 Å². The van der Waals surface area contributed by atoms with Gasteiger partial charge in [0.05, 0.1) is 19.2 Å². The van der Waals surface area contributed by atoms with E-state index in [0.717, 1.165) is 5.69 Å². The van der Waals surface area contributed by atoms with Crippen molar-refractivity contribution in [3.8, 4) is 0 Å². The van der Waals surface area contributed by atoms with Gasteiger partial charge in [0, 0.05) is 11.4 Å². The number of hydrogen-bond acceptors (Lipinski definition) is 4. The molecule has 0 radical (unpaired) electrons. The Bertz CT molecular complexity index is 709. The van der Waals surface area contributed by atoms with Crippen LogP contribution >= 0.6 is 0 Å². The second kappa shape index (κ2) is 8.15. The first-order chi connectivity index (χ1) is 11.5. The van der Waals surface area contributed by atoms with Gasteiger partial charge in [-0.05, 0) is 41.8 Å². The molecule has 2 aromatic carbocycles. The lowest BCUT2D eigenvalue weighted by Crippen LogP contribution is -2.22. The van der Waals surface area contributed by atoms with E-state index < -0.39 is 5.97 Å². The minimum Gasteiger partial charge on any atom is -0.465 e. The van der Waals surface area contributed by atoms with Crippen LogP contribution in [0.15, 0.2) is 48.5 Å². The smallest absolute Gasteiger partial charge is 0.337 e. The van der Waals surface area contributed by atoms with Crippen molar-refractivity contribution in [2.24, 2.45) is 0 Å². The van der Waals surface area contributed by atoms with Crippen molar-refractivity contribution in [1.82, 2.24) is 0 Å². The molecule has 0 saturated carbocycles. The van der Waals surface area contributed by atoms with Gasteiger partial charge in [0.15, 0.2) is 0 Å². The maximum atomic E-state index is 12.1. The summed E-state index contributed by atoms with van der Waals surface area (Å²) in [5.41, 5.74) is 3.21. The van der Waals surface area contributed by atoms with E-state index in [1.165, 1.54) is 12.7 Å². The maximum Gasteiger partial charge on any atom is 0.337 e. The number of para-hydroxylation sites is 1. The van der Waals surface area contributed by atoms with E-state index >= 15 is 0 Å². The first kappa shape index (κ1) is 17.5. The first-order valence-corrected chi connectivity index (χ1v) is 7.82. The fourth-order valence-electron chi connectivity index (χ4n) is 2.35. The molecule has 2 aromatic rings. The molecule has 24 heavy (non-hydrogen) atoms. The molecule has 126 valence electrons. The van der Waals surface area contributed by atoms with Gasteiger partial charge in [0.25, 0.3) is 0 Å². The Labute approximate surface area is 142 Å². The molecule has 5 heteroatoms. The zero-order chi connectivity index (χ0) is 17.5. The highest BCUT2D eigenvalue weighted by Crippen LogP contribution is 2.23. The summed E-state index contributed by atoms with van der Waals surface area (Å²) in [6.07, 6.45) is 0. The van der Waals surface area contributed by atoms with Crippen molar-refractivity contribution < 1.29 is 14.3 Å². The van der Waals surface area contributed by atoms with Crippen LogP contribution in [0.4, 0.5) is 11.4 Å². The molecular formula is C19H22N2O3. The Morgan fingerprint density at radius 3 is 2.33 bits per heavy atom. The summed E-state index contributed by atoms with van der Waals surface area (Å²) in [5.74, 6) is -0.179. The first-order valence-electron chi connectivity index (χ1n) is 7.82. The minimum atomic E-state index is -0.403. The third-order valence-electron chi connectivity index (χ3n) is 3.61. The van der Waals surface area contributed by atoms with Crippen molar-refractivity contribution in [2.45, 2.75) is 19.8 Å². The van der Waals surface area contributed by atoms with Gasteiger partial charge in [0.1, 0.15) is 0 Å². The van der Waals surface area contributed by atoms with Crippen molar-refractivity contribution >= 4 is 23.3 Å². The molecule has 0 spiro atoms. The number of methoxy groups -OCH3 is 1. The van der Waals surface area contributed by atoms with Gasteiger partial charge in [-0.2, -0.15) is 0 Å². The number of benzene rings is 2. The Kier molecular flexibility index (Phi) is 5.95. The molecule has 0 aliphatic carbocycles. The predicted molar refractivity (Wildman–Crippen MR) is 95.4 cm³/mol. The summed E-state index contributed by atoms with van der Waals surface area (Å²) < 4.78 is 4.64. The number of carbonyl (C=O) groups excluding carboxylic acids is 2. The number of anilines is 2. The van der Waals surface area contributed by atoms with Crippen LogP contribution < -0.4 is 10.6 Å². The summed E-state index contributed by atoms with van der Waals surface area (Å²) in [4.78, 5) is 23.5. The monoisotopic (exact) mass is 326 g/mol. The van der Waals surface area contributed by atoms with Crippen LogP contribution in [-0.4, -0.2) is 25.5 Å². The van der Waals surface area contributed by atoms with Crippen molar-refractivity contribution in [2.75, 3.05) is 24.3 Å². The lowest BCUT2D eigenvalue weighted by atomic mass is 10.0. The summed E-state index contributed by atoms with van der Waals surface area (Å²) in [6.45, 7) is 4.40. The highest BCUT2D eigenvalue weighted by atomic mass is 16.5. The molecule has 0 atom stereocenters. The summed E-state index contributed by atoms with van der Waals surface area (Å²) in [7, 11) is 1.33. The number of rotatable bonds is 6. The molecule has 0 unspecified atom stereocenters. The highest BCUT2D eigenvalue weighted by molar-refractivity contribution is 5.95. The lowest BCUT2D eigenvalue weighted by Gasteiger charge is -2.14. The molecule has 1 amide bonds.